The van der Waals surface area contributed by atoms with E-state index in [1.807, 2.05) is 0 Å². The molecule has 1 aromatic rings. The molecule has 0 spiro atoms. The summed E-state index contributed by atoms with van der Waals surface area (Å²) in [6.45, 7) is 4.88. The monoisotopic (exact) mass is 226 g/mol. The zero-order valence-corrected chi connectivity index (χ0v) is 9.49. The summed E-state index contributed by atoms with van der Waals surface area (Å²) >= 11 is 0. The molecule has 5 heteroatoms. The lowest BCUT2D eigenvalue weighted by Gasteiger charge is -2.29. The van der Waals surface area contributed by atoms with Crippen LogP contribution in [0.1, 0.15) is 31.1 Å². The van der Waals surface area contributed by atoms with Gasteiger partial charge in [-0.2, -0.15) is 0 Å². The van der Waals surface area contributed by atoms with Gasteiger partial charge in [-0.05, 0) is 26.8 Å². The van der Waals surface area contributed by atoms with E-state index in [0.29, 0.717) is 0 Å². The predicted molar refractivity (Wildman–Crippen MR) is 57.4 cm³/mol. The molecule has 0 radical (unpaired) electrons. The van der Waals surface area contributed by atoms with Crippen molar-refractivity contribution in [1.82, 2.24) is 10.3 Å². The Kier molecular flexibility index (Phi) is 3.59. The molecule has 1 heterocycles. The van der Waals surface area contributed by atoms with Gasteiger partial charge in [0.15, 0.2) is 5.82 Å². The Morgan fingerprint density at radius 1 is 1.62 bits per heavy atom. The van der Waals surface area contributed by atoms with Crippen LogP contribution in [-0.4, -0.2) is 27.6 Å². The maximum Gasteiger partial charge on any atom is 0.254 e. The highest BCUT2D eigenvalue weighted by molar-refractivity contribution is 5.94. The van der Waals surface area contributed by atoms with Gasteiger partial charge in [0.05, 0.1) is 23.4 Å². The number of halogens is 1. The van der Waals surface area contributed by atoms with Gasteiger partial charge in [0.2, 0.25) is 0 Å². The van der Waals surface area contributed by atoms with E-state index in [9.17, 15) is 14.3 Å². The van der Waals surface area contributed by atoms with Crippen molar-refractivity contribution < 1.29 is 14.3 Å². The van der Waals surface area contributed by atoms with Gasteiger partial charge in [0.1, 0.15) is 0 Å². The predicted octanol–water partition coefficient (Wildman–Crippen LogP) is 1.11. The van der Waals surface area contributed by atoms with Crippen LogP contribution >= 0.6 is 0 Å². The van der Waals surface area contributed by atoms with E-state index < -0.39 is 23.4 Å². The van der Waals surface area contributed by atoms with Crippen molar-refractivity contribution in [2.24, 2.45) is 0 Å². The minimum atomic E-state index is -0.813. The number of hydrogen-bond acceptors (Lipinski definition) is 3. The van der Waals surface area contributed by atoms with Gasteiger partial charge in [-0.25, -0.2) is 4.39 Å². The molecule has 0 saturated carbocycles. The summed E-state index contributed by atoms with van der Waals surface area (Å²) in [6, 6.07) is 1.29. The molecule has 0 aromatic carbocycles. The molecule has 16 heavy (non-hydrogen) atoms. The van der Waals surface area contributed by atoms with E-state index in [-0.39, 0.29) is 5.56 Å². The van der Waals surface area contributed by atoms with Crippen LogP contribution < -0.4 is 5.32 Å². The number of carbonyl (C=O) groups is 1. The third-order valence-electron chi connectivity index (χ3n) is 2.50. The van der Waals surface area contributed by atoms with Crippen molar-refractivity contribution in [2.75, 3.05) is 0 Å². The fourth-order valence-electron chi connectivity index (χ4n) is 1.02. The van der Waals surface area contributed by atoms with Crippen LogP contribution in [0, 0.1) is 5.82 Å². The highest BCUT2D eigenvalue weighted by atomic mass is 19.1. The minimum Gasteiger partial charge on any atom is -0.391 e. The fraction of sp³-hybridized carbons (Fsp3) is 0.455. The number of amides is 1. The van der Waals surface area contributed by atoms with Crippen LogP contribution in [0.2, 0.25) is 0 Å². The van der Waals surface area contributed by atoms with E-state index in [0.717, 1.165) is 6.20 Å². The van der Waals surface area contributed by atoms with Gasteiger partial charge in [-0.15, -0.1) is 0 Å². The van der Waals surface area contributed by atoms with Crippen molar-refractivity contribution in [2.45, 2.75) is 32.4 Å². The van der Waals surface area contributed by atoms with Crippen molar-refractivity contribution in [3.63, 3.8) is 0 Å². The van der Waals surface area contributed by atoms with E-state index in [2.05, 4.69) is 10.3 Å². The number of hydrogen-bond donors (Lipinski definition) is 2. The molecule has 0 bridgehead atoms. The molecule has 0 aliphatic carbocycles. The zero-order chi connectivity index (χ0) is 12.3. The average molecular weight is 226 g/mol. The molecule has 0 aliphatic rings. The number of carbonyl (C=O) groups excluding carboxylic acids is 1. The summed E-state index contributed by atoms with van der Waals surface area (Å²) in [7, 11) is 0. The number of nitrogens with zero attached hydrogens (tertiary/aromatic N) is 1. The van der Waals surface area contributed by atoms with E-state index >= 15 is 0 Å². The average Bonchev–Trinajstić information content (AvgIpc) is 2.17. The Morgan fingerprint density at radius 3 is 2.75 bits per heavy atom. The van der Waals surface area contributed by atoms with Crippen molar-refractivity contribution >= 4 is 5.91 Å². The molecule has 1 aromatic heterocycles. The first-order valence-electron chi connectivity index (χ1n) is 4.94. The molecule has 0 fully saturated rings. The standard InChI is InChI=1S/C11H15FN2O2/c1-7(15)11(2,3)14-10(16)8-4-5-13-6-9(8)12/h4-7,15H,1-3H3,(H,14,16). The molecule has 1 rings (SSSR count). The lowest BCUT2D eigenvalue weighted by atomic mass is 9.98. The maximum absolute atomic E-state index is 13.2. The lowest BCUT2D eigenvalue weighted by molar-refractivity contribution is 0.0706. The Hall–Kier alpha value is -1.49. The summed E-state index contributed by atoms with van der Waals surface area (Å²) in [4.78, 5) is 15.3. The molecule has 0 aliphatic heterocycles. The number of aliphatic hydroxyl groups excluding tert-OH is 1. The summed E-state index contributed by atoms with van der Waals surface area (Å²) in [6.07, 6.45) is 1.58. The molecule has 1 amide bonds. The van der Waals surface area contributed by atoms with Crippen molar-refractivity contribution in [3.8, 4) is 0 Å². The minimum absolute atomic E-state index is 0.0799. The quantitative estimate of drug-likeness (QED) is 0.811. The third kappa shape index (κ3) is 2.76. The van der Waals surface area contributed by atoms with Crippen LogP contribution in [0.5, 0.6) is 0 Å². The van der Waals surface area contributed by atoms with Gasteiger partial charge >= 0.3 is 0 Å². The zero-order valence-electron chi connectivity index (χ0n) is 9.49. The van der Waals surface area contributed by atoms with Gasteiger partial charge in [0.25, 0.3) is 5.91 Å². The van der Waals surface area contributed by atoms with Crippen LogP contribution in [0.15, 0.2) is 18.5 Å². The van der Waals surface area contributed by atoms with Gasteiger partial charge in [-0.3, -0.25) is 9.78 Å². The number of nitrogens with one attached hydrogen (secondary N) is 1. The van der Waals surface area contributed by atoms with E-state index in [1.165, 1.54) is 12.3 Å². The van der Waals surface area contributed by atoms with Crippen molar-refractivity contribution in [1.29, 1.82) is 0 Å². The second-order valence-corrected chi connectivity index (χ2v) is 4.21. The molecule has 1 unspecified atom stereocenters. The van der Waals surface area contributed by atoms with E-state index in [1.54, 1.807) is 20.8 Å². The normalized spacial score (nSPS) is 13.3. The van der Waals surface area contributed by atoms with Crippen LogP contribution in [-0.2, 0) is 0 Å². The molecule has 88 valence electrons. The summed E-state index contributed by atoms with van der Waals surface area (Å²) in [5.74, 6) is -1.24. The summed E-state index contributed by atoms with van der Waals surface area (Å²) in [5, 5.41) is 12.0. The second-order valence-electron chi connectivity index (χ2n) is 4.21. The fourth-order valence-corrected chi connectivity index (χ4v) is 1.02. The molecule has 0 saturated heterocycles. The van der Waals surface area contributed by atoms with Crippen molar-refractivity contribution in [3.05, 3.63) is 29.8 Å². The number of rotatable bonds is 3. The Balaban J connectivity index is 2.85. The summed E-state index contributed by atoms with van der Waals surface area (Å²) in [5.41, 5.74) is -0.893. The number of pyridine rings is 1. The van der Waals surface area contributed by atoms with E-state index in [4.69, 9.17) is 0 Å². The van der Waals surface area contributed by atoms with Crippen LogP contribution in [0.25, 0.3) is 0 Å². The first-order chi connectivity index (χ1) is 7.34. The largest absolute Gasteiger partial charge is 0.391 e. The molecular weight excluding hydrogens is 211 g/mol. The highest BCUT2D eigenvalue weighted by Gasteiger charge is 2.27. The molecule has 2 N–H and O–H groups in total. The first kappa shape index (κ1) is 12.6. The topological polar surface area (TPSA) is 62.2 Å². The SMILES string of the molecule is CC(O)C(C)(C)NC(=O)c1ccncc1F. The highest BCUT2D eigenvalue weighted by Crippen LogP contribution is 2.11. The van der Waals surface area contributed by atoms with Gasteiger partial charge in [-0.1, -0.05) is 0 Å². The smallest absolute Gasteiger partial charge is 0.254 e. The molecular formula is C11H15FN2O2. The number of aliphatic hydroxyl groups is 1. The Morgan fingerprint density at radius 2 is 2.25 bits per heavy atom. The third-order valence-corrected chi connectivity index (χ3v) is 2.50. The lowest BCUT2D eigenvalue weighted by Crippen LogP contribution is -2.51. The van der Waals surface area contributed by atoms with Gasteiger partial charge in [0, 0.05) is 6.20 Å². The Bertz CT molecular complexity index is 391. The maximum atomic E-state index is 13.2. The van der Waals surface area contributed by atoms with Crippen LogP contribution in [0.3, 0.4) is 0 Å². The number of aromatic nitrogens is 1. The first-order valence-corrected chi connectivity index (χ1v) is 4.94. The van der Waals surface area contributed by atoms with Gasteiger partial charge < -0.3 is 10.4 Å². The molecule has 1 atom stereocenters. The second kappa shape index (κ2) is 4.57. The van der Waals surface area contributed by atoms with Crippen LogP contribution in [0.4, 0.5) is 4.39 Å². The summed E-state index contributed by atoms with van der Waals surface area (Å²) < 4.78 is 13.2. The Labute approximate surface area is 93.5 Å². The molecule has 4 nitrogen and oxygen atoms in total.